The van der Waals surface area contributed by atoms with Crippen molar-refractivity contribution in [3.8, 4) is 33.9 Å². The Morgan fingerprint density at radius 1 is 1.00 bits per heavy atom. The second kappa shape index (κ2) is 10.2. The number of anilines is 2. The van der Waals surface area contributed by atoms with Crippen molar-refractivity contribution in [3.05, 3.63) is 89.7 Å². The molecule has 5 aromatic rings. The number of rotatable bonds is 5. The first-order chi connectivity index (χ1) is 19.0. The fourth-order valence-corrected chi connectivity index (χ4v) is 4.34. The molecule has 0 aliphatic rings. The average molecular weight is 546 g/mol. The smallest absolute Gasteiger partial charge is 0.416 e. The van der Waals surface area contributed by atoms with Gasteiger partial charge in [0.15, 0.2) is 0 Å². The summed E-state index contributed by atoms with van der Waals surface area (Å²) < 4.78 is 44.5. The molecule has 0 atom stereocenters. The van der Waals surface area contributed by atoms with Gasteiger partial charge in [-0.05, 0) is 60.5 Å². The second-order valence-electron chi connectivity index (χ2n) is 8.97. The highest BCUT2D eigenvalue weighted by atomic mass is 19.4. The highest BCUT2D eigenvalue weighted by Crippen LogP contribution is 2.44. The SMILES string of the molecule is COc1ccc(-c2c(O)c(-c3cc(C(=O)Nc4cccc(C(F)(F)F)c4)ccc3C)cc3cnc(N)nc23)cn1. The van der Waals surface area contributed by atoms with E-state index in [2.05, 4.69) is 20.3 Å². The number of nitrogen functional groups attached to an aromatic ring is 1. The molecule has 0 spiro atoms. The summed E-state index contributed by atoms with van der Waals surface area (Å²) >= 11 is 0. The number of hydrogen-bond donors (Lipinski definition) is 3. The van der Waals surface area contributed by atoms with Crippen molar-refractivity contribution in [2.45, 2.75) is 13.1 Å². The number of phenolic OH excluding ortho intramolecular Hbond substituents is 1. The number of aryl methyl sites for hydroxylation is 1. The lowest BCUT2D eigenvalue weighted by Gasteiger charge is -2.16. The zero-order valence-electron chi connectivity index (χ0n) is 21.2. The molecular formula is C29H22F3N5O3. The molecule has 202 valence electrons. The Labute approximate surface area is 226 Å². The Morgan fingerprint density at radius 3 is 2.50 bits per heavy atom. The van der Waals surface area contributed by atoms with Crippen LogP contribution in [-0.4, -0.2) is 33.1 Å². The van der Waals surface area contributed by atoms with E-state index < -0.39 is 17.6 Å². The lowest BCUT2D eigenvalue weighted by Crippen LogP contribution is -2.13. The summed E-state index contributed by atoms with van der Waals surface area (Å²) in [7, 11) is 1.49. The van der Waals surface area contributed by atoms with Gasteiger partial charge in [0.2, 0.25) is 11.8 Å². The predicted molar refractivity (Wildman–Crippen MR) is 145 cm³/mol. The number of ether oxygens (including phenoxy) is 1. The van der Waals surface area contributed by atoms with Crippen molar-refractivity contribution >= 4 is 28.4 Å². The highest BCUT2D eigenvalue weighted by molar-refractivity contribution is 6.06. The van der Waals surface area contributed by atoms with Gasteiger partial charge in [0.1, 0.15) is 5.75 Å². The van der Waals surface area contributed by atoms with Crippen molar-refractivity contribution in [2.75, 3.05) is 18.2 Å². The topological polar surface area (TPSA) is 123 Å². The largest absolute Gasteiger partial charge is 0.507 e. The molecule has 2 aromatic heterocycles. The normalized spacial score (nSPS) is 11.4. The number of carbonyl (C=O) groups is 1. The van der Waals surface area contributed by atoms with Gasteiger partial charge in [0.25, 0.3) is 5.91 Å². The van der Waals surface area contributed by atoms with E-state index in [1.54, 1.807) is 36.4 Å². The fourth-order valence-electron chi connectivity index (χ4n) is 4.34. The molecule has 0 saturated carbocycles. The number of nitrogens with one attached hydrogen (secondary N) is 1. The third-order valence-corrected chi connectivity index (χ3v) is 6.34. The van der Waals surface area contributed by atoms with Crippen molar-refractivity contribution in [1.29, 1.82) is 0 Å². The van der Waals surface area contributed by atoms with Gasteiger partial charge < -0.3 is 20.9 Å². The first kappa shape index (κ1) is 26.4. The van der Waals surface area contributed by atoms with E-state index in [9.17, 15) is 23.1 Å². The maximum Gasteiger partial charge on any atom is 0.416 e. The molecule has 11 heteroatoms. The Bertz CT molecular complexity index is 1760. The van der Waals surface area contributed by atoms with Gasteiger partial charge >= 0.3 is 6.18 Å². The molecule has 0 bridgehead atoms. The van der Waals surface area contributed by atoms with E-state index in [1.807, 2.05) is 6.92 Å². The zero-order valence-corrected chi connectivity index (χ0v) is 21.2. The molecular weight excluding hydrogens is 523 g/mol. The van der Waals surface area contributed by atoms with Gasteiger partial charge in [-0.2, -0.15) is 13.2 Å². The molecule has 5 rings (SSSR count). The van der Waals surface area contributed by atoms with E-state index in [-0.39, 0.29) is 22.9 Å². The summed E-state index contributed by atoms with van der Waals surface area (Å²) in [5.74, 6) is -0.340. The van der Waals surface area contributed by atoms with E-state index >= 15 is 0 Å². The molecule has 40 heavy (non-hydrogen) atoms. The number of phenols is 1. The van der Waals surface area contributed by atoms with Crippen LogP contribution < -0.4 is 15.8 Å². The minimum absolute atomic E-state index is 0.000433. The molecule has 0 unspecified atom stereocenters. The van der Waals surface area contributed by atoms with Crippen LogP contribution in [0.15, 0.2) is 73.1 Å². The Balaban J connectivity index is 1.61. The number of alkyl halides is 3. The number of pyridine rings is 1. The molecule has 0 aliphatic carbocycles. The van der Waals surface area contributed by atoms with Crippen molar-refractivity contribution in [1.82, 2.24) is 15.0 Å². The quantitative estimate of drug-likeness (QED) is 0.239. The second-order valence-corrected chi connectivity index (χ2v) is 8.97. The van der Waals surface area contributed by atoms with E-state index in [4.69, 9.17) is 10.5 Å². The van der Waals surface area contributed by atoms with Crippen LogP contribution in [0.4, 0.5) is 24.8 Å². The first-order valence-electron chi connectivity index (χ1n) is 11.9. The number of hydrogen-bond acceptors (Lipinski definition) is 7. The zero-order chi connectivity index (χ0) is 28.6. The van der Waals surface area contributed by atoms with Crippen LogP contribution in [0.25, 0.3) is 33.2 Å². The van der Waals surface area contributed by atoms with Crippen LogP contribution in [0.5, 0.6) is 11.6 Å². The predicted octanol–water partition coefficient (Wildman–Crippen LogP) is 6.23. The van der Waals surface area contributed by atoms with Crippen LogP contribution in [-0.2, 0) is 6.18 Å². The molecule has 0 fully saturated rings. The number of halogens is 3. The fraction of sp³-hybridized carbons (Fsp3) is 0.103. The monoisotopic (exact) mass is 545 g/mol. The van der Waals surface area contributed by atoms with Gasteiger partial charge in [0.05, 0.1) is 23.8 Å². The first-order valence-corrected chi connectivity index (χ1v) is 11.9. The van der Waals surface area contributed by atoms with Crippen molar-refractivity contribution in [2.24, 2.45) is 0 Å². The summed E-state index contributed by atoms with van der Waals surface area (Å²) in [6.07, 6.45) is -1.49. The number of fused-ring (bicyclic) bond motifs is 1. The van der Waals surface area contributed by atoms with Gasteiger partial charge in [-0.25, -0.2) is 15.0 Å². The Morgan fingerprint density at radius 2 is 1.80 bits per heavy atom. The van der Waals surface area contributed by atoms with Crippen molar-refractivity contribution in [3.63, 3.8) is 0 Å². The van der Waals surface area contributed by atoms with Gasteiger partial charge in [0, 0.05) is 46.2 Å². The van der Waals surface area contributed by atoms with Gasteiger partial charge in [-0.3, -0.25) is 4.79 Å². The number of amides is 1. The van der Waals surface area contributed by atoms with E-state index in [1.165, 1.54) is 31.6 Å². The molecule has 0 saturated heterocycles. The number of benzene rings is 3. The summed E-state index contributed by atoms with van der Waals surface area (Å²) in [4.78, 5) is 25.7. The number of aromatic nitrogens is 3. The third-order valence-electron chi connectivity index (χ3n) is 6.34. The molecule has 4 N–H and O–H groups in total. The molecule has 2 heterocycles. The standard InChI is InChI=1S/C29H22F3N5O3/c1-15-6-7-16(27(39)36-20-5-3-4-19(12-20)29(30,31)32)10-21(15)22-11-18-14-35-28(33)37-25(18)24(26(22)38)17-8-9-23(40-2)34-13-17/h3-14,38H,1-2H3,(H,36,39)(H2,33,35,37). The third kappa shape index (κ3) is 5.08. The number of methoxy groups -OCH3 is 1. The summed E-state index contributed by atoms with van der Waals surface area (Å²) in [5.41, 5.74) is 8.09. The lowest BCUT2D eigenvalue weighted by molar-refractivity contribution is -0.137. The molecule has 0 radical (unpaired) electrons. The van der Waals surface area contributed by atoms with Crippen LogP contribution in [0.2, 0.25) is 0 Å². The molecule has 8 nitrogen and oxygen atoms in total. The minimum Gasteiger partial charge on any atom is -0.507 e. The number of nitrogens with two attached hydrogens (primary N) is 1. The highest BCUT2D eigenvalue weighted by Gasteiger charge is 2.30. The molecule has 0 aliphatic heterocycles. The maximum absolute atomic E-state index is 13.1. The Hall–Kier alpha value is -5.19. The van der Waals surface area contributed by atoms with E-state index in [0.717, 1.165) is 17.7 Å². The number of aromatic hydroxyl groups is 1. The minimum atomic E-state index is -4.54. The molecule has 1 amide bonds. The lowest BCUT2D eigenvalue weighted by atomic mass is 9.92. The maximum atomic E-state index is 13.1. The van der Waals surface area contributed by atoms with Crippen LogP contribution in [0.3, 0.4) is 0 Å². The van der Waals surface area contributed by atoms with Crippen LogP contribution in [0.1, 0.15) is 21.5 Å². The van der Waals surface area contributed by atoms with Gasteiger partial charge in [-0.15, -0.1) is 0 Å². The molecule has 3 aromatic carbocycles. The Kier molecular flexibility index (Phi) is 6.72. The van der Waals surface area contributed by atoms with Crippen LogP contribution >= 0.6 is 0 Å². The number of carbonyl (C=O) groups excluding carboxylic acids is 1. The summed E-state index contributed by atoms with van der Waals surface area (Å²) in [5, 5.41) is 14.6. The summed E-state index contributed by atoms with van der Waals surface area (Å²) in [6.45, 7) is 1.81. The van der Waals surface area contributed by atoms with Crippen molar-refractivity contribution < 1.29 is 27.8 Å². The average Bonchev–Trinajstić information content (AvgIpc) is 2.93. The van der Waals surface area contributed by atoms with Crippen LogP contribution in [0, 0.1) is 6.92 Å². The van der Waals surface area contributed by atoms with Gasteiger partial charge in [-0.1, -0.05) is 12.1 Å². The summed E-state index contributed by atoms with van der Waals surface area (Å²) in [6, 6.07) is 14.2. The van der Waals surface area contributed by atoms with E-state index in [0.29, 0.717) is 39.0 Å². The number of nitrogens with zero attached hydrogens (tertiary/aromatic N) is 3.